The fourth-order valence-electron chi connectivity index (χ4n) is 1.45. The standard InChI is InChI=1S/C13H25N3O4/c1-9(2)7-14-11(17)8-15-13(20)16-10(3)5-4-6-12(18)19/h9-10H,4-8H2,1-3H3,(H,14,17)(H,18,19)(H2,15,16,20). The molecule has 7 heteroatoms. The average Bonchev–Trinajstić information content (AvgIpc) is 2.33. The molecule has 0 aliphatic rings. The number of carboxylic acids is 1. The third-order valence-electron chi connectivity index (χ3n) is 2.52. The molecule has 0 heterocycles. The molecule has 4 N–H and O–H groups in total. The molecule has 0 radical (unpaired) electrons. The minimum Gasteiger partial charge on any atom is -0.481 e. The summed E-state index contributed by atoms with van der Waals surface area (Å²) in [5.41, 5.74) is 0. The van der Waals surface area contributed by atoms with Crippen LogP contribution in [0.15, 0.2) is 0 Å². The largest absolute Gasteiger partial charge is 0.481 e. The molecule has 0 aliphatic heterocycles. The van der Waals surface area contributed by atoms with Crippen molar-refractivity contribution in [2.24, 2.45) is 5.92 Å². The van der Waals surface area contributed by atoms with Crippen molar-refractivity contribution >= 4 is 17.9 Å². The quantitative estimate of drug-likeness (QED) is 0.500. The Morgan fingerprint density at radius 2 is 1.75 bits per heavy atom. The first-order valence-electron chi connectivity index (χ1n) is 6.84. The van der Waals surface area contributed by atoms with Crippen LogP contribution in [-0.2, 0) is 9.59 Å². The highest BCUT2D eigenvalue weighted by molar-refractivity contribution is 5.83. The van der Waals surface area contributed by atoms with Gasteiger partial charge in [0.15, 0.2) is 0 Å². The van der Waals surface area contributed by atoms with E-state index in [1.165, 1.54) is 0 Å². The molecule has 0 bridgehead atoms. The highest BCUT2D eigenvalue weighted by Gasteiger charge is 2.09. The van der Waals surface area contributed by atoms with Gasteiger partial charge in [0.25, 0.3) is 0 Å². The van der Waals surface area contributed by atoms with Crippen molar-refractivity contribution in [2.45, 2.75) is 46.1 Å². The molecular weight excluding hydrogens is 262 g/mol. The van der Waals surface area contributed by atoms with Crippen LogP contribution in [0.1, 0.15) is 40.0 Å². The molecule has 0 aromatic heterocycles. The van der Waals surface area contributed by atoms with Crippen LogP contribution in [0.25, 0.3) is 0 Å². The maximum atomic E-state index is 11.5. The lowest BCUT2D eigenvalue weighted by Gasteiger charge is -2.14. The van der Waals surface area contributed by atoms with Gasteiger partial charge in [0.05, 0.1) is 6.54 Å². The van der Waals surface area contributed by atoms with Crippen LogP contribution in [0.3, 0.4) is 0 Å². The van der Waals surface area contributed by atoms with Crippen molar-refractivity contribution in [2.75, 3.05) is 13.1 Å². The monoisotopic (exact) mass is 287 g/mol. The summed E-state index contributed by atoms with van der Waals surface area (Å²) in [6.45, 7) is 6.27. The Bertz CT molecular complexity index is 332. The Kier molecular flexibility index (Phi) is 9.15. The van der Waals surface area contributed by atoms with Gasteiger partial charge in [0.1, 0.15) is 0 Å². The molecule has 116 valence electrons. The van der Waals surface area contributed by atoms with Gasteiger partial charge in [-0.1, -0.05) is 13.8 Å². The summed E-state index contributed by atoms with van der Waals surface area (Å²) in [6, 6.07) is -0.555. The van der Waals surface area contributed by atoms with Gasteiger partial charge in [-0.15, -0.1) is 0 Å². The van der Waals surface area contributed by atoms with E-state index in [0.717, 1.165) is 0 Å². The van der Waals surface area contributed by atoms with Crippen LogP contribution < -0.4 is 16.0 Å². The first-order chi connectivity index (χ1) is 9.31. The summed E-state index contributed by atoms with van der Waals surface area (Å²) in [4.78, 5) is 33.2. The zero-order valence-electron chi connectivity index (χ0n) is 12.4. The van der Waals surface area contributed by atoms with Gasteiger partial charge in [0, 0.05) is 19.0 Å². The predicted molar refractivity (Wildman–Crippen MR) is 75.3 cm³/mol. The number of hydrogen-bond acceptors (Lipinski definition) is 3. The van der Waals surface area contributed by atoms with Crippen molar-refractivity contribution in [1.82, 2.24) is 16.0 Å². The van der Waals surface area contributed by atoms with E-state index >= 15 is 0 Å². The number of aliphatic carboxylic acids is 1. The maximum absolute atomic E-state index is 11.5. The lowest BCUT2D eigenvalue weighted by atomic mass is 10.1. The Labute approximate surface area is 119 Å². The molecular formula is C13H25N3O4. The fraction of sp³-hybridized carbons (Fsp3) is 0.769. The van der Waals surface area contributed by atoms with E-state index in [1.807, 2.05) is 13.8 Å². The van der Waals surface area contributed by atoms with E-state index in [0.29, 0.717) is 25.3 Å². The second kappa shape index (κ2) is 10.1. The number of amides is 3. The van der Waals surface area contributed by atoms with E-state index in [2.05, 4.69) is 16.0 Å². The van der Waals surface area contributed by atoms with Gasteiger partial charge in [-0.05, 0) is 25.7 Å². The second-order valence-electron chi connectivity index (χ2n) is 5.21. The summed E-state index contributed by atoms with van der Waals surface area (Å²) < 4.78 is 0. The van der Waals surface area contributed by atoms with Gasteiger partial charge in [-0.25, -0.2) is 4.79 Å². The number of urea groups is 1. The first kappa shape index (κ1) is 18.2. The van der Waals surface area contributed by atoms with Gasteiger partial charge < -0.3 is 21.1 Å². The molecule has 0 spiro atoms. The minimum atomic E-state index is -0.844. The predicted octanol–water partition coefficient (Wildman–Crippen LogP) is 0.701. The lowest BCUT2D eigenvalue weighted by molar-refractivity contribution is -0.137. The molecule has 0 aromatic carbocycles. The molecule has 20 heavy (non-hydrogen) atoms. The van der Waals surface area contributed by atoms with Gasteiger partial charge in [-0.3, -0.25) is 9.59 Å². The third-order valence-corrected chi connectivity index (χ3v) is 2.52. The Morgan fingerprint density at radius 3 is 2.30 bits per heavy atom. The molecule has 1 atom stereocenters. The van der Waals surface area contributed by atoms with Gasteiger partial charge >= 0.3 is 12.0 Å². The Morgan fingerprint density at radius 1 is 1.10 bits per heavy atom. The molecule has 0 aromatic rings. The van der Waals surface area contributed by atoms with Crippen molar-refractivity contribution in [3.63, 3.8) is 0 Å². The van der Waals surface area contributed by atoms with E-state index in [9.17, 15) is 14.4 Å². The maximum Gasteiger partial charge on any atom is 0.315 e. The van der Waals surface area contributed by atoms with Crippen LogP contribution >= 0.6 is 0 Å². The fourth-order valence-corrected chi connectivity index (χ4v) is 1.45. The van der Waals surface area contributed by atoms with Gasteiger partial charge in [-0.2, -0.15) is 0 Å². The summed E-state index contributed by atoms with van der Waals surface area (Å²) in [7, 11) is 0. The molecule has 7 nitrogen and oxygen atoms in total. The normalized spacial score (nSPS) is 11.8. The average molecular weight is 287 g/mol. The number of nitrogens with one attached hydrogen (secondary N) is 3. The van der Waals surface area contributed by atoms with Gasteiger partial charge in [0.2, 0.25) is 5.91 Å². The Balaban J connectivity index is 3.71. The second-order valence-corrected chi connectivity index (χ2v) is 5.21. The van der Waals surface area contributed by atoms with E-state index in [-0.39, 0.29) is 24.9 Å². The van der Waals surface area contributed by atoms with Crippen LogP contribution in [-0.4, -0.2) is 42.1 Å². The van der Waals surface area contributed by atoms with E-state index in [4.69, 9.17) is 5.11 Å². The smallest absolute Gasteiger partial charge is 0.315 e. The number of carbonyl (C=O) groups excluding carboxylic acids is 2. The molecule has 0 aliphatic carbocycles. The highest BCUT2D eigenvalue weighted by atomic mass is 16.4. The summed E-state index contributed by atoms with van der Waals surface area (Å²) >= 11 is 0. The topological polar surface area (TPSA) is 108 Å². The highest BCUT2D eigenvalue weighted by Crippen LogP contribution is 2.00. The number of hydrogen-bond donors (Lipinski definition) is 4. The van der Waals surface area contributed by atoms with E-state index in [1.54, 1.807) is 6.92 Å². The third kappa shape index (κ3) is 11.3. The molecule has 0 fully saturated rings. The molecule has 0 rings (SSSR count). The van der Waals surface area contributed by atoms with E-state index < -0.39 is 12.0 Å². The summed E-state index contributed by atoms with van der Waals surface area (Å²) in [5.74, 6) is -0.710. The minimum absolute atomic E-state index is 0.0690. The number of carboxylic acid groups (broad SMARTS) is 1. The van der Waals surface area contributed by atoms with Crippen LogP contribution in [0.5, 0.6) is 0 Å². The summed E-state index contributed by atoms with van der Waals surface area (Å²) in [6.07, 6.45) is 1.18. The molecule has 0 saturated heterocycles. The Hall–Kier alpha value is -1.79. The SMILES string of the molecule is CC(C)CNC(=O)CNC(=O)NC(C)CCCC(=O)O. The van der Waals surface area contributed by atoms with Crippen LogP contribution in [0.2, 0.25) is 0 Å². The van der Waals surface area contributed by atoms with Crippen molar-refractivity contribution in [1.29, 1.82) is 0 Å². The van der Waals surface area contributed by atoms with Crippen LogP contribution in [0.4, 0.5) is 4.79 Å². The number of carbonyl (C=O) groups is 3. The van der Waals surface area contributed by atoms with Crippen molar-refractivity contribution < 1.29 is 19.5 Å². The first-order valence-corrected chi connectivity index (χ1v) is 6.84. The number of rotatable bonds is 9. The molecule has 1 unspecified atom stereocenters. The van der Waals surface area contributed by atoms with Crippen molar-refractivity contribution in [3.05, 3.63) is 0 Å². The summed E-state index contributed by atoms with van der Waals surface area (Å²) in [5, 5.41) is 16.3. The molecule has 3 amide bonds. The zero-order valence-corrected chi connectivity index (χ0v) is 12.4. The lowest BCUT2D eigenvalue weighted by Crippen LogP contribution is -2.45. The van der Waals surface area contributed by atoms with Crippen LogP contribution in [0, 0.1) is 5.92 Å². The van der Waals surface area contributed by atoms with Crippen molar-refractivity contribution in [3.8, 4) is 0 Å². The molecule has 0 saturated carbocycles. The zero-order chi connectivity index (χ0) is 15.5.